The van der Waals surface area contributed by atoms with Gasteiger partial charge in [0.25, 0.3) is 0 Å². The lowest BCUT2D eigenvalue weighted by Crippen LogP contribution is -2.19. The highest BCUT2D eigenvalue weighted by atomic mass is 15.1. The van der Waals surface area contributed by atoms with E-state index in [2.05, 4.69) is 36.1 Å². The van der Waals surface area contributed by atoms with Crippen LogP contribution in [0.25, 0.3) is 10.9 Å². The Morgan fingerprint density at radius 3 is 2.78 bits per heavy atom. The molecule has 0 radical (unpaired) electrons. The van der Waals surface area contributed by atoms with Crippen LogP contribution in [0.1, 0.15) is 33.6 Å². The third-order valence-corrected chi connectivity index (χ3v) is 3.32. The zero-order chi connectivity index (χ0) is 13.0. The molecule has 0 aliphatic carbocycles. The van der Waals surface area contributed by atoms with Gasteiger partial charge in [0.1, 0.15) is 0 Å². The van der Waals surface area contributed by atoms with E-state index in [0.29, 0.717) is 6.04 Å². The second kappa shape index (κ2) is 5.80. The summed E-state index contributed by atoms with van der Waals surface area (Å²) in [5.41, 5.74) is 0.991. The molecule has 1 aromatic heterocycles. The third kappa shape index (κ3) is 3.19. The zero-order valence-electron chi connectivity index (χ0n) is 11.4. The van der Waals surface area contributed by atoms with Gasteiger partial charge in [-0.15, -0.1) is 0 Å². The Balaban J connectivity index is 2.07. The van der Waals surface area contributed by atoms with Crippen molar-refractivity contribution < 1.29 is 0 Å². The quantitative estimate of drug-likeness (QED) is 0.866. The van der Waals surface area contributed by atoms with Crippen molar-refractivity contribution >= 4 is 16.9 Å². The number of nitrogens with zero attached hydrogens (tertiary/aromatic N) is 2. The highest BCUT2D eigenvalue weighted by Gasteiger charge is 2.08. The molecule has 0 spiro atoms. The van der Waals surface area contributed by atoms with Gasteiger partial charge in [-0.3, -0.25) is 0 Å². The van der Waals surface area contributed by atoms with E-state index in [0.717, 1.165) is 29.2 Å². The Hall–Kier alpha value is -1.64. The first-order valence-electron chi connectivity index (χ1n) is 6.67. The molecule has 0 aliphatic heterocycles. The number of benzene rings is 1. The molecular formula is C15H21N3. The van der Waals surface area contributed by atoms with Crippen LogP contribution in [-0.4, -0.2) is 16.0 Å². The van der Waals surface area contributed by atoms with Crippen LogP contribution < -0.4 is 5.32 Å². The average Bonchev–Trinajstić information content (AvgIpc) is 2.38. The summed E-state index contributed by atoms with van der Waals surface area (Å²) in [6, 6.07) is 8.45. The summed E-state index contributed by atoms with van der Waals surface area (Å²) in [5.74, 6) is 1.46. The van der Waals surface area contributed by atoms with E-state index in [4.69, 9.17) is 0 Å². The molecule has 3 heteroatoms. The topological polar surface area (TPSA) is 37.8 Å². The zero-order valence-corrected chi connectivity index (χ0v) is 11.4. The first-order valence-corrected chi connectivity index (χ1v) is 6.67. The van der Waals surface area contributed by atoms with Crippen molar-refractivity contribution in [3.8, 4) is 0 Å². The van der Waals surface area contributed by atoms with E-state index in [1.807, 2.05) is 30.5 Å². The molecule has 2 atom stereocenters. The molecule has 3 nitrogen and oxygen atoms in total. The maximum absolute atomic E-state index is 4.53. The van der Waals surface area contributed by atoms with Crippen LogP contribution in [0.15, 0.2) is 30.5 Å². The Kier molecular flexibility index (Phi) is 4.13. The Bertz CT molecular complexity index is 510. The van der Waals surface area contributed by atoms with Gasteiger partial charge >= 0.3 is 0 Å². The molecule has 18 heavy (non-hydrogen) atoms. The summed E-state index contributed by atoms with van der Waals surface area (Å²) in [7, 11) is 0. The lowest BCUT2D eigenvalue weighted by Gasteiger charge is -2.17. The highest BCUT2D eigenvalue weighted by Crippen LogP contribution is 2.15. The molecule has 2 aromatic rings. The van der Waals surface area contributed by atoms with Gasteiger partial charge in [-0.1, -0.05) is 38.5 Å². The smallest absolute Gasteiger partial charge is 0.223 e. The number of hydrogen-bond donors (Lipinski definition) is 1. The van der Waals surface area contributed by atoms with E-state index in [1.54, 1.807) is 0 Å². The number of fused-ring (bicyclic) bond motifs is 1. The summed E-state index contributed by atoms with van der Waals surface area (Å²) in [6.45, 7) is 6.69. The van der Waals surface area contributed by atoms with E-state index in [9.17, 15) is 0 Å². The average molecular weight is 243 g/mol. The minimum atomic E-state index is 0.404. The second-order valence-electron chi connectivity index (χ2n) is 5.05. The van der Waals surface area contributed by atoms with Crippen molar-refractivity contribution in [1.82, 2.24) is 9.97 Å². The fraction of sp³-hybridized carbons (Fsp3) is 0.467. The van der Waals surface area contributed by atoms with Gasteiger partial charge in [0, 0.05) is 17.6 Å². The van der Waals surface area contributed by atoms with Gasteiger partial charge < -0.3 is 5.32 Å². The highest BCUT2D eigenvalue weighted by molar-refractivity contribution is 5.78. The van der Waals surface area contributed by atoms with E-state index < -0.39 is 0 Å². The standard InChI is InChI=1S/C15H21N3/c1-4-11(2)9-12(3)17-15-16-10-13-7-5-6-8-14(13)18-15/h5-8,10-12H,4,9H2,1-3H3,(H,16,17,18). The molecule has 1 aromatic carbocycles. The van der Waals surface area contributed by atoms with Crippen molar-refractivity contribution in [2.45, 2.75) is 39.7 Å². The number of hydrogen-bond acceptors (Lipinski definition) is 3. The fourth-order valence-corrected chi connectivity index (χ4v) is 2.09. The molecule has 2 unspecified atom stereocenters. The molecular weight excluding hydrogens is 222 g/mol. The monoisotopic (exact) mass is 243 g/mol. The van der Waals surface area contributed by atoms with Gasteiger partial charge in [0.2, 0.25) is 5.95 Å². The maximum Gasteiger partial charge on any atom is 0.223 e. The first-order chi connectivity index (χ1) is 8.69. The molecule has 0 amide bonds. The van der Waals surface area contributed by atoms with Gasteiger partial charge in [-0.2, -0.15) is 0 Å². The van der Waals surface area contributed by atoms with Gasteiger partial charge in [0.05, 0.1) is 5.52 Å². The summed E-state index contributed by atoms with van der Waals surface area (Å²) in [4.78, 5) is 8.88. The molecule has 0 bridgehead atoms. The van der Waals surface area contributed by atoms with Crippen LogP contribution in [0.5, 0.6) is 0 Å². The summed E-state index contributed by atoms with van der Waals surface area (Å²) >= 11 is 0. The molecule has 0 aliphatic rings. The Labute approximate surface area is 109 Å². The summed E-state index contributed by atoms with van der Waals surface area (Å²) in [5, 5.41) is 4.46. The lowest BCUT2D eigenvalue weighted by atomic mass is 10.0. The number of aromatic nitrogens is 2. The van der Waals surface area contributed by atoms with Crippen LogP contribution in [-0.2, 0) is 0 Å². The molecule has 0 saturated heterocycles. The minimum absolute atomic E-state index is 0.404. The lowest BCUT2D eigenvalue weighted by molar-refractivity contribution is 0.482. The Morgan fingerprint density at radius 1 is 1.22 bits per heavy atom. The summed E-state index contributed by atoms with van der Waals surface area (Å²) < 4.78 is 0. The van der Waals surface area contributed by atoms with Crippen molar-refractivity contribution in [1.29, 1.82) is 0 Å². The SMILES string of the molecule is CCC(C)CC(C)Nc1ncc2ccccc2n1. The first kappa shape index (κ1) is 12.8. The molecule has 0 fully saturated rings. The van der Waals surface area contributed by atoms with Gasteiger partial charge in [0.15, 0.2) is 0 Å². The summed E-state index contributed by atoms with van der Waals surface area (Å²) in [6.07, 6.45) is 4.23. The predicted molar refractivity (Wildman–Crippen MR) is 76.7 cm³/mol. The van der Waals surface area contributed by atoms with Crippen LogP contribution in [0.4, 0.5) is 5.95 Å². The van der Waals surface area contributed by atoms with E-state index in [1.165, 1.54) is 6.42 Å². The van der Waals surface area contributed by atoms with E-state index >= 15 is 0 Å². The van der Waals surface area contributed by atoms with Crippen LogP contribution in [0, 0.1) is 5.92 Å². The van der Waals surface area contributed by atoms with Crippen molar-refractivity contribution in [2.75, 3.05) is 5.32 Å². The van der Waals surface area contributed by atoms with E-state index in [-0.39, 0.29) is 0 Å². The van der Waals surface area contributed by atoms with Crippen molar-refractivity contribution in [3.63, 3.8) is 0 Å². The van der Waals surface area contributed by atoms with Crippen LogP contribution in [0.3, 0.4) is 0 Å². The largest absolute Gasteiger partial charge is 0.352 e. The molecule has 1 heterocycles. The number of para-hydroxylation sites is 1. The number of anilines is 1. The molecule has 0 saturated carbocycles. The number of nitrogens with one attached hydrogen (secondary N) is 1. The second-order valence-corrected chi connectivity index (χ2v) is 5.05. The van der Waals surface area contributed by atoms with Gasteiger partial charge in [-0.25, -0.2) is 9.97 Å². The van der Waals surface area contributed by atoms with Crippen LogP contribution in [0.2, 0.25) is 0 Å². The van der Waals surface area contributed by atoms with Gasteiger partial charge in [-0.05, 0) is 25.3 Å². The Morgan fingerprint density at radius 2 is 2.00 bits per heavy atom. The normalized spacial score (nSPS) is 14.4. The van der Waals surface area contributed by atoms with Crippen molar-refractivity contribution in [2.24, 2.45) is 5.92 Å². The fourth-order valence-electron chi connectivity index (χ4n) is 2.09. The minimum Gasteiger partial charge on any atom is -0.352 e. The number of rotatable bonds is 5. The predicted octanol–water partition coefficient (Wildman–Crippen LogP) is 3.87. The maximum atomic E-state index is 4.53. The molecule has 96 valence electrons. The molecule has 2 rings (SSSR count). The third-order valence-electron chi connectivity index (χ3n) is 3.32. The molecule has 1 N–H and O–H groups in total. The van der Waals surface area contributed by atoms with Crippen LogP contribution >= 0.6 is 0 Å². The van der Waals surface area contributed by atoms with Crippen molar-refractivity contribution in [3.05, 3.63) is 30.5 Å².